The molecule has 0 radical (unpaired) electrons. The summed E-state index contributed by atoms with van der Waals surface area (Å²) in [5.74, 6) is 2.22. The highest BCUT2D eigenvalue weighted by molar-refractivity contribution is 14.0. The van der Waals surface area contributed by atoms with Gasteiger partial charge in [0.1, 0.15) is 5.75 Å². The average molecular weight is 527 g/mol. The lowest BCUT2D eigenvalue weighted by atomic mass is 9.98. The van der Waals surface area contributed by atoms with Gasteiger partial charge in [0.25, 0.3) is 0 Å². The Kier molecular flexibility index (Phi) is 11.2. The molecule has 1 heterocycles. The zero-order chi connectivity index (χ0) is 21.4. The van der Waals surface area contributed by atoms with Crippen molar-refractivity contribution in [2.75, 3.05) is 20.2 Å². The quantitative estimate of drug-likeness (QED) is 0.289. The van der Waals surface area contributed by atoms with E-state index < -0.39 is 0 Å². The Morgan fingerprint density at radius 3 is 2.40 bits per heavy atom. The van der Waals surface area contributed by atoms with Crippen LogP contribution in [0.15, 0.2) is 29.3 Å². The van der Waals surface area contributed by atoms with E-state index in [-0.39, 0.29) is 30.0 Å². The van der Waals surface area contributed by atoms with Gasteiger partial charge in [-0.2, -0.15) is 5.10 Å². The molecule has 1 aromatic carbocycles. The van der Waals surface area contributed by atoms with E-state index >= 15 is 0 Å². The van der Waals surface area contributed by atoms with Crippen LogP contribution in [0.4, 0.5) is 0 Å². The van der Waals surface area contributed by atoms with Gasteiger partial charge < -0.3 is 15.4 Å². The number of ether oxygens (including phenoxy) is 1. The van der Waals surface area contributed by atoms with Crippen LogP contribution in [0, 0.1) is 13.8 Å². The smallest absolute Gasteiger partial charge is 0.191 e. The minimum absolute atomic E-state index is 0. The number of benzene rings is 1. The molecule has 0 saturated heterocycles. The zero-order valence-corrected chi connectivity index (χ0v) is 21.8. The van der Waals surface area contributed by atoms with Gasteiger partial charge in [-0.3, -0.25) is 9.67 Å². The molecule has 2 N–H and O–H groups in total. The first kappa shape index (κ1) is 26.3. The van der Waals surface area contributed by atoms with Gasteiger partial charge in [0.15, 0.2) is 5.96 Å². The van der Waals surface area contributed by atoms with Gasteiger partial charge in [-0.15, -0.1) is 24.0 Å². The van der Waals surface area contributed by atoms with Crippen molar-refractivity contribution in [2.24, 2.45) is 12.0 Å². The number of aromatic nitrogens is 2. The highest BCUT2D eigenvalue weighted by atomic mass is 127. The van der Waals surface area contributed by atoms with E-state index in [1.807, 2.05) is 23.9 Å². The molecule has 0 saturated carbocycles. The van der Waals surface area contributed by atoms with Crippen LogP contribution in [0.1, 0.15) is 55.6 Å². The van der Waals surface area contributed by atoms with Crippen LogP contribution in [0.3, 0.4) is 0 Å². The topological polar surface area (TPSA) is 63.5 Å². The monoisotopic (exact) mass is 527 g/mol. The molecule has 7 heteroatoms. The van der Waals surface area contributed by atoms with Crippen molar-refractivity contribution in [3.8, 4) is 5.75 Å². The number of aryl methyl sites for hydroxylation is 2. The van der Waals surface area contributed by atoms with Crippen LogP contribution in [0.2, 0.25) is 0 Å². The molecule has 0 aliphatic heterocycles. The second-order valence-electron chi connectivity index (χ2n) is 7.75. The highest BCUT2D eigenvalue weighted by Gasteiger charge is 2.14. The van der Waals surface area contributed by atoms with Crippen LogP contribution < -0.4 is 15.4 Å². The molecule has 0 amide bonds. The standard InChI is InChI=1S/C23H37N5O.HI/c1-8-24-23(26-17(3)15-22-18(4)27-28(6)19(22)5)25-14-13-16(2)20-9-11-21(29-7)12-10-20;/h9-12,16-17H,8,13-15H2,1-7H3,(H2,24,25,26);1H. The number of rotatable bonds is 9. The Labute approximate surface area is 198 Å². The average Bonchev–Trinajstić information content (AvgIpc) is 2.94. The van der Waals surface area contributed by atoms with Crippen molar-refractivity contribution >= 4 is 29.9 Å². The third-order valence-corrected chi connectivity index (χ3v) is 5.41. The van der Waals surface area contributed by atoms with E-state index in [9.17, 15) is 0 Å². The predicted molar refractivity (Wildman–Crippen MR) is 136 cm³/mol. The van der Waals surface area contributed by atoms with Crippen molar-refractivity contribution < 1.29 is 4.74 Å². The first-order valence-electron chi connectivity index (χ1n) is 10.5. The molecule has 0 bridgehead atoms. The number of aliphatic imine (C=N–C) groups is 1. The van der Waals surface area contributed by atoms with Gasteiger partial charge in [-0.25, -0.2) is 0 Å². The number of hydrogen-bond donors (Lipinski definition) is 2. The van der Waals surface area contributed by atoms with E-state index in [4.69, 9.17) is 9.73 Å². The van der Waals surface area contributed by atoms with Crippen LogP contribution in [-0.2, 0) is 13.5 Å². The number of nitrogens with one attached hydrogen (secondary N) is 2. The summed E-state index contributed by atoms with van der Waals surface area (Å²) in [5, 5.41) is 11.4. The molecule has 2 unspecified atom stereocenters. The molecule has 0 aliphatic carbocycles. The van der Waals surface area contributed by atoms with E-state index in [0.29, 0.717) is 5.92 Å². The van der Waals surface area contributed by atoms with Crippen molar-refractivity contribution in [2.45, 2.75) is 59.4 Å². The number of guanidine groups is 1. The first-order chi connectivity index (χ1) is 13.8. The maximum Gasteiger partial charge on any atom is 0.191 e. The molecular formula is C23H38IN5O. The molecule has 0 aliphatic rings. The Morgan fingerprint density at radius 1 is 1.20 bits per heavy atom. The molecule has 2 aromatic rings. The van der Waals surface area contributed by atoms with Gasteiger partial charge in [0.05, 0.1) is 12.8 Å². The molecular weight excluding hydrogens is 489 g/mol. The summed E-state index contributed by atoms with van der Waals surface area (Å²) < 4.78 is 7.20. The Bertz CT molecular complexity index is 801. The lowest BCUT2D eigenvalue weighted by Gasteiger charge is -2.18. The van der Waals surface area contributed by atoms with Crippen molar-refractivity contribution in [1.29, 1.82) is 0 Å². The fourth-order valence-corrected chi connectivity index (χ4v) is 3.49. The lowest BCUT2D eigenvalue weighted by molar-refractivity contribution is 0.414. The number of halogens is 1. The maximum atomic E-state index is 5.24. The van der Waals surface area contributed by atoms with E-state index in [0.717, 1.165) is 43.3 Å². The fourth-order valence-electron chi connectivity index (χ4n) is 3.49. The molecule has 30 heavy (non-hydrogen) atoms. The summed E-state index contributed by atoms with van der Waals surface area (Å²) in [6, 6.07) is 8.58. The predicted octanol–water partition coefficient (Wildman–Crippen LogP) is 4.34. The number of methoxy groups -OCH3 is 1. The SMILES string of the molecule is CCNC(=NCCC(C)c1ccc(OC)cc1)NC(C)Cc1c(C)nn(C)c1C.I. The van der Waals surface area contributed by atoms with Gasteiger partial charge in [-0.1, -0.05) is 19.1 Å². The second kappa shape index (κ2) is 12.8. The molecule has 0 fully saturated rings. The summed E-state index contributed by atoms with van der Waals surface area (Å²) in [6.07, 6.45) is 1.93. The molecule has 2 rings (SSSR count). The molecule has 6 nitrogen and oxygen atoms in total. The highest BCUT2D eigenvalue weighted by Crippen LogP contribution is 2.21. The molecule has 0 spiro atoms. The summed E-state index contributed by atoms with van der Waals surface area (Å²) in [4.78, 5) is 4.79. The minimum Gasteiger partial charge on any atom is -0.497 e. The molecule has 1 aromatic heterocycles. The zero-order valence-electron chi connectivity index (χ0n) is 19.5. The second-order valence-corrected chi connectivity index (χ2v) is 7.75. The van der Waals surface area contributed by atoms with Crippen LogP contribution in [0.5, 0.6) is 5.75 Å². The summed E-state index contributed by atoms with van der Waals surface area (Å²) >= 11 is 0. The Morgan fingerprint density at radius 2 is 1.87 bits per heavy atom. The number of nitrogens with zero attached hydrogens (tertiary/aromatic N) is 3. The third kappa shape index (κ3) is 7.49. The van der Waals surface area contributed by atoms with E-state index in [2.05, 4.69) is 62.5 Å². The normalized spacial score (nSPS) is 13.4. The summed E-state index contributed by atoms with van der Waals surface area (Å²) in [7, 11) is 3.69. The van der Waals surface area contributed by atoms with Gasteiger partial charge >= 0.3 is 0 Å². The van der Waals surface area contributed by atoms with Gasteiger partial charge in [-0.05, 0) is 69.7 Å². The fraction of sp³-hybridized carbons (Fsp3) is 0.565. The summed E-state index contributed by atoms with van der Waals surface area (Å²) in [5.41, 5.74) is 4.96. The Balaban J connectivity index is 0.00000450. The van der Waals surface area contributed by atoms with Crippen molar-refractivity contribution in [1.82, 2.24) is 20.4 Å². The van der Waals surface area contributed by atoms with Gasteiger partial charge in [0, 0.05) is 31.9 Å². The van der Waals surface area contributed by atoms with E-state index in [1.165, 1.54) is 16.8 Å². The lowest BCUT2D eigenvalue weighted by Crippen LogP contribution is -2.43. The Hall–Kier alpha value is -1.77. The third-order valence-electron chi connectivity index (χ3n) is 5.41. The van der Waals surface area contributed by atoms with Crippen LogP contribution >= 0.6 is 24.0 Å². The first-order valence-corrected chi connectivity index (χ1v) is 10.5. The largest absolute Gasteiger partial charge is 0.497 e. The number of hydrogen-bond acceptors (Lipinski definition) is 3. The molecule has 168 valence electrons. The molecule has 2 atom stereocenters. The van der Waals surface area contributed by atoms with E-state index in [1.54, 1.807) is 7.11 Å². The van der Waals surface area contributed by atoms with Gasteiger partial charge in [0.2, 0.25) is 0 Å². The summed E-state index contributed by atoms with van der Waals surface area (Å²) in [6.45, 7) is 12.4. The maximum absolute atomic E-state index is 5.24. The van der Waals surface area contributed by atoms with Crippen LogP contribution in [-0.4, -0.2) is 42.0 Å². The van der Waals surface area contributed by atoms with Crippen LogP contribution in [0.25, 0.3) is 0 Å². The van der Waals surface area contributed by atoms with Crippen molar-refractivity contribution in [3.05, 3.63) is 46.8 Å². The minimum atomic E-state index is 0. The van der Waals surface area contributed by atoms with Crippen molar-refractivity contribution in [3.63, 3.8) is 0 Å².